The zero-order valence-corrected chi connectivity index (χ0v) is 15.8. The van der Waals surface area contributed by atoms with Crippen molar-refractivity contribution in [1.82, 2.24) is 9.88 Å². The first-order chi connectivity index (χ1) is 13.1. The maximum Gasteiger partial charge on any atom is 0.272 e. The summed E-state index contributed by atoms with van der Waals surface area (Å²) in [5, 5.41) is 3.40. The Labute approximate surface area is 159 Å². The fraction of sp³-hybridized carbons (Fsp3) is 0.429. The number of carbonyl (C=O) groups excluding carboxylic acids is 1. The van der Waals surface area contributed by atoms with Gasteiger partial charge < -0.3 is 19.7 Å². The van der Waals surface area contributed by atoms with Gasteiger partial charge in [-0.25, -0.2) is 0 Å². The molecule has 1 aromatic carbocycles. The van der Waals surface area contributed by atoms with Crippen molar-refractivity contribution in [2.24, 2.45) is 0 Å². The number of anilines is 2. The first kappa shape index (κ1) is 17.9. The number of aryl methyl sites for hydroxylation is 1. The summed E-state index contributed by atoms with van der Waals surface area (Å²) in [6, 6.07) is 9.84. The Balaban J connectivity index is 1.46. The molecule has 0 saturated carbocycles. The van der Waals surface area contributed by atoms with E-state index in [2.05, 4.69) is 30.2 Å². The van der Waals surface area contributed by atoms with Crippen LogP contribution in [0.5, 0.6) is 0 Å². The van der Waals surface area contributed by atoms with Crippen LogP contribution >= 0.6 is 0 Å². The zero-order valence-electron chi connectivity index (χ0n) is 15.8. The molecule has 6 nitrogen and oxygen atoms in total. The minimum absolute atomic E-state index is 0.0486. The van der Waals surface area contributed by atoms with Gasteiger partial charge in [-0.05, 0) is 43.2 Å². The summed E-state index contributed by atoms with van der Waals surface area (Å²) in [5.41, 5.74) is 4.77. The van der Waals surface area contributed by atoms with Crippen molar-refractivity contribution < 1.29 is 14.3 Å². The minimum atomic E-state index is -0.476. The molecule has 2 fully saturated rings. The van der Waals surface area contributed by atoms with E-state index in [9.17, 15) is 4.79 Å². The predicted molar refractivity (Wildman–Crippen MR) is 103 cm³/mol. The smallest absolute Gasteiger partial charge is 0.272 e. The molecule has 0 bridgehead atoms. The molecule has 0 radical (unpaired) electrons. The van der Waals surface area contributed by atoms with Gasteiger partial charge in [-0.15, -0.1) is 0 Å². The third-order valence-electron chi connectivity index (χ3n) is 5.49. The molecule has 0 aliphatic carbocycles. The van der Waals surface area contributed by atoms with Crippen LogP contribution in [0.25, 0.3) is 0 Å². The van der Waals surface area contributed by atoms with Crippen molar-refractivity contribution in [3.05, 3.63) is 53.3 Å². The minimum Gasteiger partial charge on any atom is -0.355 e. The number of amides is 1. The second-order valence-electron chi connectivity index (χ2n) is 7.20. The third-order valence-corrected chi connectivity index (χ3v) is 5.49. The lowest BCUT2D eigenvalue weighted by Gasteiger charge is -2.37. The molecule has 1 N–H and O–H groups in total. The number of nitrogens with zero attached hydrogens (tertiary/aromatic N) is 2. The topological polar surface area (TPSA) is 63.7 Å². The van der Waals surface area contributed by atoms with Crippen LogP contribution in [0.1, 0.15) is 34.5 Å². The van der Waals surface area contributed by atoms with E-state index in [4.69, 9.17) is 9.47 Å². The van der Waals surface area contributed by atoms with Crippen molar-refractivity contribution in [2.45, 2.75) is 32.5 Å². The van der Waals surface area contributed by atoms with Gasteiger partial charge in [0.1, 0.15) is 5.69 Å². The van der Waals surface area contributed by atoms with E-state index in [0.717, 1.165) is 11.4 Å². The fourth-order valence-corrected chi connectivity index (χ4v) is 3.67. The van der Waals surface area contributed by atoms with E-state index in [1.54, 1.807) is 6.20 Å². The highest BCUT2D eigenvalue weighted by atomic mass is 16.7. The first-order valence-corrected chi connectivity index (χ1v) is 9.43. The Morgan fingerprint density at radius 3 is 2.63 bits per heavy atom. The lowest BCUT2D eigenvalue weighted by Crippen LogP contribution is -2.47. The maximum absolute atomic E-state index is 12.9. The molecule has 2 aliphatic rings. The molecule has 1 spiro atoms. The highest BCUT2D eigenvalue weighted by molar-refractivity contribution is 5.93. The summed E-state index contributed by atoms with van der Waals surface area (Å²) >= 11 is 0. The number of benzene rings is 1. The van der Waals surface area contributed by atoms with E-state index in [-0.39, 0.29) is 5.91 Å². The summed E-state index contributed by atoms with van der Waals surface area (Å²) in [6.07, 6.45) is 3.09. The molecule has 6 heteroatoms. The predicted octanol–water partition coefficient (Wildman–Crippen LogP) is 3.42. The van der Waals surface area contributed by atoms with Crippen molar-refractivity contribution in [1.29, 1.82) is 0 Å². The van der Waals surface area contributed by atoms with Gasteiger partial charge in [0.15, 0.2) is 5.79 Å². The molecule has 1 aromatic heterocycles. The monoisotopic (exact) mass is 367 g/mol. The SMILES string of the molecule is Cc1cccc(Nc2ccnc(C(=O)N3CCC4(CC3)OCCO4)c2)c1C. The highest BCUT2D eigenvalue weighted by Gasteiger charge is 2.41. The summed E-state index contributed by atoms with van der Waals surface area (Å²) < 4.78 is 11.5. The molecule has 2 aromatic rings. The van der Waals surface area contributed by atoms with Gasteiger partial charge in [-0.2, -0.15) is 0 Å². The number of aromatic nitrogens is 1. The van der Waals surface area contributed by atoms with Crippen molar-refractivity contribution in [3.63, 3.8) is 0 Å². The van der Waals surface area contributed by atoms with Crippen LogP contribution in [0.15, 0.2) is 36.5 Å². The molecular formula is C21H25N3O3. The molecular weight excluding hydrogens is 342 g/mol. The average Bonchev–Trinajstić information content (AvgIpc) is 3.14. The lowest BCUT2D eigenvalue weighted by atomic mass is 10.0. The second kappa shape index (κ2) is 7.29. The second-order valence-corrected chi connectivity index (χ2v) is 7.20. The van der Waals surface area contributed by atoms with Crippen molar-refractivity contribution in [3.8, 4) is 0 Å². The van der Waals surface area contributed by atoms with Crippen LogP contribution in [0.4, 0.5) is 11.4 Å². The number of carbonyl (C=O) groups is 1. The quantitative estimate of drug-likeness (QED) is 0.901. The zero-order chi connectivity index (χ0) is 18.9. The molecule has 2 saturated heterocycles. The molecule has 27 heavy (non-hydrogen) atoms. The Hall–Kier alpha value is -2.44. The molecule has 1 amide bonds. The summed E-state index contributed by atoms with van der Waals surface area (Å²) in [5.74, 6) is -0.525. The largest absolute Gasteiger partial charge is 0.355 e. The molecule has 4 rings (SSSR count). The van der Waals surface area contributed by atoms with Gasteiger partial charge in [0.05, 0.1) is 13.2 Å². The molecule has 0 atom stereocenters. The molecule has 0 unspecified atom stereocenters. The summed E-state index contributed by atoms with van der Waals surface area (Å²) in [7, 11) is 0. The van der Waals surface area contributed by atoms with E-state index in [1.807, 2.05) is 29.2 Å². The Bertz CT molecular complexity index is 836. The number of likely N-dealkylation sites (tertiary alicyclic amines) is 1. The summed E-state index contributed by atoms with van der Waals surface area (Å²) in [6.45, 7) is 6.69. The van der Waals surface area contributed by atoms with Gasteiger partial charge in [0, 0.05) is 43.5 Å². The van der Waals surface area contributed by atoms with Crippen LogP contribution in [0, 0.1) is 13.8 Å². The van der Waals surface area contributed by atoms with E-state index in [1.165, 1.54) is 11.1 Å². The maximum atomic E-state index is 12.9. The average molecular weight is 367 g/mol. The van der Waals surface area contributed by atoms with E-state index >= 15 is 0 Å². The first-order valence-electron chi connectivity index (χ1n) is 9.43. The Morgan fingerprint density at radius 2 is 1.89 bits per heavy atom. The number of hydrogen-bond donors (Lipinski definition) is 1. The van der Waals surface area contributed by atoms with E-state index in [0.29, 0.717) is 44.8 Å². The van der Waals surface area contributed by atoms with Crippen molar-refractivity contribution in [2.75, 3.05) is 31.6 Å². The van der Waals surface area contributed by atoms with Gasteiger partial charge in [-0.3, -0.25) is 9.78 Å². The molecule has 142 valence electrons. The van der Waals surface area contributed by atoms with Crippen LogP contribution in [0.3, 0.4) is 0 Å². The normalized spacial score (nSPS) is 18.7. The van der Waals surface area contributed by atoms with Crippen LogP contribution < -0.4 is 5.32 Å². The molecule has 2 aliphatic heterocycles. The number of piperidine rings is 1. The van der Waals surface area contributed by atoms with Crippen LogP contribution in [0.2, 0.25) is 0 Å². The Kier molecular flexibility index (Phi) is 4.85. The molecule has 3 heterocycles. The standard InChI is InChI=1S/C21H25N3O3/c1-15-4-3-5-18(16(15)2)23-17-6-9-22-19(14-17)20(25)24-10-7-21(8-11-24)26-12-13-27-21/h3-6,9,14H,7-8,10-13H2,1-2H3,(H,22,23). The van der Waals surface area contributed by atoms with Gasteiger partial charge in [0.2, 0.25) is 0 Å². The van der Waals surface area contributed by atoms with E-state index < -0.39 is 5.79 Å². The van der Waals surface area contributed by atoms with Gasteiger partial charge in [0.25, 0.3) is 5.91 Å². The van der Waals surface area contributed by atoms with Crippen LogP contribution in [-0.4, -0.2) is 47.9 Å². The third kappa shape index (κ3) is 3.68. The number of rotatable bonds is 3. The van der Waals surface area contributed by atoms with Crippen molar-refractivity contribution >= 4 is 17.3 Å². The lowest BCUT2D eigenvalue weighted by molar-refractivity contribution is -0.181. The number of nitrogens with one attached hydrogen (secondary N) is 1. The number of ether oxygens (including phenoxy) is 2. The summed E-state index contributed by atoms with van der Waals surface area (Å²) in [4.78, 5) is 19.0. The number of pyridine rings is 1. The highest BCUT2D eigenvalue weighted by Crippen LogP contribution is 2.32. The Morgan fingerprint density at radius 1 is 1.15 bits per heavy atom. The van der Waals surface area contributed by atoms with Gasteiger partial charge >= 0.3 is 0 Å². The number of hydrogen-bond acceptors (Lipinski definition) is 5. The fourth-order valence-electron chi connectivity index (χ4n) is 3.67. The van der Waals surface area contributed by atoms with Gasteiger partial charge in [-0.1, -0.05) is 12.1 Å². The van der Waals surface area contributed by atoms with Crippen LogP contribution in [-0.2, 0) is 9.47 Å².